The zero-order valence-corrected chi connectivity index (χ0v) is 11.2. The smallest absolute Gasteiger partial charge is 0.128 e. The molecule has 0 radical (unpaired) electrons. The third-order valence-corrected chi connectivity index (χ3v) is 3.23. The minimum atomic E-state index is -0.685. The van der Waals surface area contributed by atoms with Gasteiger partial charge in [0.1, 0.15) is 11.6 Å². The van der Waals surface area contributed by atoms with Gasteiger partial charge in [0.2, 0.25) is 0 Å². The summed E-state index contributed by atoms with van der Waals surface area (Å²) in [6.07, 6.45) is -0.685. The molecule has 0 aliphatic carbocycles. The van der Waals surface area contributed by atoms with Crippen molar-refractivity contribution in [3.8, 4) is 0 Å². The summed E-state index contributed by atoms with van der Waals surface area (Å²) in [5, 5.41) is 13.0. The van der Waals surface area contributed by atoms with Crippen molar-refractivity contribution in [2.24, 2.45) is 0 Å². The normalized spacial score (nSPS) is 14.0. The summed E-state index contributed by atoms with van der Waals surface area (Å²) in [4.78, 5) is 0. The molecule has 2 atom stereocenters. The quantitative estimate of drug-likeness (QED) is 0.878. The average molecular weight is 277 g/mol. The molecule has 2 rings (SSSR count). The predicted octanol–water partition coefficient (Wildman–Crippen LogP) is 3.35. The van der Waals surface area contributed by atoms with Crippen LogP contribution in [0.4, 0.5) is 8.78 Å². The Balaban J connectivity index is 1.98. The number of aliphatic hydroxyl groups is 1. The third-order valence-electron chi connectivity index (χ3n) is 3.23. The Hall–Kier alpha value is -1.78. The van der Waals surface area contributed by atoms with Crippen LogP contribution in [0.15, 0.2) is 48.5 Å². The van der Waals surface area contributed by atoms with Gasteiger partial charge in [0, 0.05) is 18.2 Å². The number of hydrogen-bond acceptors (Lipinski definition) is 2. The van der Waals surface area contributed by atoms with Gasteiger partial charge in [-0.25, -0.2) is 8.78 Å². The van der Waals surface area contributed by atoms with Crippen molar-refractivity contribution in [3.05, 3.63) is 71.3 Å². The summed E-state index contributed by atoms with van der Waals surface area (Å²) in [5.74, 6) is -0.931. The van der Waals surface area contributed by atoms with Gasteiger partial charge in [0.25, 0.3) is 0 Å². The molecule has 0 spiro atoms. The molecule has 0 saturated heterocycles. The van der Waals surface area contributed by atoms with Gasteiger partial charge in [-0.3, -0.25) is 0 Å². The second-order valence-corrected chi connectivity index (χ2v) is 4.72. The molecule has 2 N–H and O–H groups in total. The zero-order valence-electron chi connectivity index (χ0n) is 11.2. The highest BCUT2D eigenvalue weighted by Gasteiger charge is 2.14. The first-order valence-electron chi connectivity index (χ1n) is 6.49. The van der Waals surface area contributed by atoms with E-state index in [4.69, 9.17) is 0 Å². The fourth-order valence-electron chi connectivity index (χ4n) is 2.04. The minimum Gasteiger partial charge on any atom is -0.387 e. The summed E-state index contributed by atoms with van der Waals surface area (Å²) in [7, 11) is 0. The first kappa shape index (κ1) is 14.6. The van der Waals surface area contributed by atoms with Crippen molar-refractivity contribution in [1.29, 1.82) is 0 Å². The molecular weight excluding hydrogens is 260 g/mol. The monoisotopic (exact) mass is 277 g/mol. The van der Waals surface area contributed by atoms with Crippen LogP contribution in [0.5, 0.6) is 0 Å². The number of nitrogens with one attached hydrogen (secondary N) is 1. The van der Waals surface area contributed by atoms with E-state index in [2.05, 4.69) is 5.32 Å². The number of benzene rings is 2. The van der Waals surface area contributed by atoms with Crippen LogP contribution in [0, 0.1) is 11.6 Å². The predicted molar refractivity (Wildman–Crippen MR) is 74.2 cm³/mol. The number of hydrogen-bond donors (Lipinski definition) is 2. The van der Waals surface area contributed by atoms with E-state index in [0.29, 0.717) is 0 Å². The third kappa shape index (κ3) is 3.62. The first-order chi connectivity index (χ1) is 9.58. The molecule has 0 amide bonds. The van der Waals surface area contributed by atoms with E-state index >= 15 is 0 Å². The molecule has 0 fully saturated rings. The molecule has 2 nitrogen and oxygen atoms in total. The van der Waals surface area contributed by atoms with E-state index in [1.165, 1.54) is 6.07 Å². The molecule has 0 saturated carbocycles. The van der Waals surface area contributed by atoms with E-state index in [1.54, 1.807) is 6.92 Å². The Kier molecular flexibility index (Phi) is 4.82. The van der Waals surface area contributed by atoms with Gasteiger partial charge in [-0.1, -0.05) is 30.3 Å². The largest absolute Gasteiger partial charge is 0.387 e. The first-order valence-corrected chi connectivity index (χ1v) is 6.49. The average Bonchev–Trinajstić information content (AvgIpc) is 2.47. The van der Waals surface area contributed by atoms with Crippen LogP contribution in [0.3, 0.4) is 0 Å². The fourth-order valence-corrected chi connectivity index (χ4v) is 2.04. The molecule has 106 valence electrons. The van der Waals surface area contributed by atoms with Crippen molar-refractivity contribution < 1.29 is 13.9 Å². The van der Waals surface area contributed by atoms with E-state index in [0.717, 1.165) is 17.7 Å². The molecule has 2 unspecified atom stereocenters. The summed E-state index contributed by atoms with van der Waals surface area (Å²) >= 11 is 0. The number of halogens is 2. The molecule has 0 heterocycles. The molecular formula is C16H17F2NO. The lowest BCUT2D eigenvalue weighted by atomic mass is 10.1. The fraction of sp³-hybridized carbons (Fsp3) is 0.250. The Morgan fingerprint density at radius 1 is 1.10 bits per heavy atom. The van der Waals surface area contributed by atoms with E-state index < -0.39 is 17.7 Å². The van der Waals surface area contributed by atoms with Gasteiger partial charge in [-0.15, -0.1) is 0 Å². The van der Waals surface area contributed by atoms with Crippen LogP contribution in [-0.2, 0) is 0 Å². The van der Waals surface area contributed by atoms with Crippen LogP contribution in [-0.4, -0.2) is 11.7 Å². The maximum absolute atomic E-state index is 13.6. The standard InChI is InChI=1S/C16H17F2NO/c1-11(14-9-13(17)7-8-15(14)18)19-10-16(20)12-5-3-2-4-6-12/h2-9,11,16,19-20H,10H2,1H3. The molecule has 2 aromatic rings. The topological polar surface area (TPSA) is 32.3 Å². The lowest BCUT2D eigenvalue weighted by Gasteiger charge is -2.18. The molecule has 20 heavy (non-hydrogen) atoms. The van der Waals surface area contributed by atoms with Crippen molar-refractivity contribution in [1.82, 2.24) is 5.32 Å². The molecule has 0 aliphatic heterocycles. The summed E-state index contributed by atoms with van der Waals surface area (Å²) in [6, 6.07) is 12.2. The van der Waals surface area contributed by atoms with Crippen LogP contribution in [0.2, 0.25) is 0 Å². The number of rotatable bonds is 5. The van der Waals surface area contributed by atoms with Crippen LogP contribution in [0.1, 0.15) is 30.2 Å². The Morgan fingerprint density at radius 3 is 2.50 bits per heavy atom. The van der Waals surface area contributed by atoms with Gasteiger partial charge in [0.15, 0.2) is 0 Å². The summed E-state index contributed by atoms with van der Waals surface area (Å²) in [5.41, 5.74) is 1.04. The van der Waals surface area contributed by atoms with E-state index in [9.17, 15) is 13.9 Å². The lowest BCUT2D eigenvalue weighted by molar-refractivity contribution is 0.170. The lowest BCUT2D eigenvalue weighted by Crippen LogP contribution is -2.25. The second-order valence-electron chi connectivity index (χ2n) is 4.72. The molecule has 2 aromatic carbocycles. The minimum absolute atomic E-state index is 0.255. The van der Waals surface area contributed by atoms with E-state index in [-0.39, 0.29) is 18.2 Å². The van der Waals surface area contributed by atoms with E-state index in [1.807, 2.05) is 30.3 Å². The summed E-state index contributed by atoms with van der Waals surface area (Å²) in [6.45, 7) is 2.00. The van der Waals surface area contributed by atoms with Crippen molar-refractivity contribution in [2.75, 3.05) is 6.54 Å². The van der Waals surface area contributed by atoms with Crippen molar-refractivity contribution >= 4 is 0 Å². The van der Waals surface area contributed by atoms with Crippen LogP contribution < -0.4 is 5.32 Å². The van der Waals surface area contributed by atoms with Crippen LogP contribution in [0.25, 0.3) is 0 Å². The van der Waals surface area contributed by atoms with Gasteiger partial charge in [0.05, 0.1) is 6.10 Å². The highest BCUT2D eigenvalue weighted by molar-refractivity contribution is 5.22. The van der Waals surface area contributed by atoms with Crippen LogP contribution >= 0.6 is 0 Å². The van der Waals surface area contributed by atoms with Gasteiger partial charge < -0.3 is 10.4 Å². The second kappa shape index (κ2) is 6.59. The Morgan fingerprint density at radius 2 is 1.80 bits per heavy atom. The van der Waals surface area contributed by atoms with Gasteiger partial charge in [-0.05, 0) is 30.7 Å². The maximum atomic E-state index is 13.6. The van der Waals surface area contributed by atoms with Gasteiger partial charge in [-0.2, -0.15) is 0 Å². The van der Waals surface area contributed by atoms with Crippen molar-refractivity contribution in [2.45, 2.75) is 19.1 Å². The number of aliphatic hydroxyl groups excluding tert-OH is 1. The zero-order chi connectivity index (χ0) is 14.5. The Bertz CT molecular complexity index is 560. The molecule has 0 aromatic heterocycles. The van der Waals surface area contributed by atoms with Crippen molar-refractivity contribution in [3.63, 3.8) is 0 Å². The highest BCUT2D eigenvalue weighted by atomic mass is 19.1. The molecule has 0 bridgehead atoms. The summed E-state index contributed by atoms with van der Waals surface area (Å²) < 4.78 is 26.7. The SMILES string of the molecule is CC(NCC(O)c1ccccc1)c1cc(F)ccc1F. The maximum Gasteiger partial charge on any atom is 0.128 e. The van der Waals surface area contributed by atoms with Gasteiger partial charge >= 0.3 is 0 Å². The molecule has 4 heteroatoms. The highest BCUT2D eigenvalue weighted by Crippen LogP contribution is 2.19. The Labute approximate surface area is 117 Å². The molecule has 0 aliphatic rings.